The van der Waals surface area contributed by atoms with Gasteiger partial charge < -0.3 is 4.90 Å². The molecule has 0 fully saturated rings. The van der Waals surface area contributed by atoms with E-state index in [4.69, 9.17) is 0 Å². The number of allylic oxidation sites excluding steroid dienone is 3. The van der Waals surface area contributed by atoms with Crippen LogP contribution in [0.15, 0.2) is 71.4 Å². The first-order valence-corrected chi connectivity index (χ1v) is 9.41. The van der Waals surface area contributed by atoms with Gasteiger partial charge in [-0.1, -0.05) is 72.8 Å². The monoisotopic (exact) mass is 417 g/mol. The van der Waals surface area contributed by atoms with E-state index in [2.05, 4.69) is 22.5 Å². The second-order valence-electron chi connectivity index (χ2n) is 5.44. The minimum Gasteiger partial charge on any atom is -0.341 e. The van der Waals surface area contributed by atoms with Crippen LogP contribution in [-0.2, 0) is 0 Å². The summed E-state index contributed by atoms with van der Waals surface area (Å²) in [5.74, 6) is -1.21. The molecule has 0 unspecified atom stereocenters. The Balaban J connectivity index is 0.00000117. The highest BCUT2D eigenvalue weighted by molar-refractivity contribution is 9.10. The van der Waals surface area contributed by atoms with E-state index in [1.54, 1.807) is 0 Å². The SMILES string of the molecule is C=C1C=CC(c2ccccc2)=C(c2c(F)cc(Br)cc2F)N1CC.CC. The number of halogens is 3. The lowest BCUT2D eigenvalue weighted by Gasteiger charge is -2.32. The Morgan fingerprint density at radius 3 is 2.12 bits per heavy atom. The molecule has 1 aliphatic rings. The molecule has 4 heteroatoms. The molecule has 1 aliphatic heterocycles. The normalized spacial score (nSPS) is 13.6. The first-order valence-electron chi connectivity index (χ1n) is 8.62. The van der Waals surface area contributed by atoms with Gasteiger partial charge in [0.05, 0.1) is 11.3 Å². The Hall–Kier alpha value is -2.20. The number of likely N-dealkylation sites (N-methyl/N-ethyl adjacent to an activating group) is 1. The molecule has 0 atom stereocenters. The minimum absolute atomic E-state index is 0.0376. The van der Waals surface area contributed by atoms with Crippen molar-refractivity contribution in [1.82, 2.24) is 4.90 Å². The van der Waals surface area contributed by atoms with E-state index < -0.39 is 11.6 Å². The van der Waals surface area contributed by atoms with Gasteiger partial charge in [0.25, 0.3) is 0 Å². The molecule has 26 heavy (non-hydrogen) atoms. The first-order chi connectivity index (χ1) is 12.5. The number of benzene rings is 2. The Labute approximate surface area is 162 Å². The quantitative estimate of drug-likeness (QED) is 0.517. The summed E-state index contributed by atoms with van der Waals surface area (Å²) in [6.07, 6.45) is 3.73. The standard InChI is InChI=1S/C20H16BrF2N.C2H6/c1-3-24-13(2)9-10-16(14-7-5-4-6-8-14)20(24)19-17(22)11-15(21)12-18(19)23;1-2/h4-12H,2-3H2,1H3;1-2H3. The molecule has 0 saturated heterocycles. The maximum atomic E-state index is 14.6. The predicted octanol–water partition coefficient (Wildman–Crippen LogP) is 7.03. The molecule has 2 aromatic rings. The molecule has 3 rings (SSSR count). The number of hydrogen-bond acceptors (Lipinski definition) is 1. The maximum absolute atomic E-state index is 14.6. The van der Waals surface area contributed by atoms with Gasteiger partial charge in [0.1, 0.15) is 11.6 Å². The summed E-state index contributed by atoms with van der Waals surface area (Å²) < 4.78 is 29.6. The zero-order valence-corrected chi connectivity index (χ0v) is 16.8. The van der Waals surface area contributed by atoms with Crippen LogP contribution >= 0.6 is 15.9 Å². The molecule has 0 aliphatic carbocycles. The first kappa shape index (κ1) is 20.1. The van der Waals surface area contributed by atoms with Crippen molar-refractivity contribution in [1.29, 1.82) is 0 Å². The van der Waals surface area contributed by atoms with Crippen LogP contribution in [0.1, 0.15) is 31.9 Å². The Morgan fingerprint density at radius 1 is 1.00 bits per heavy atom. The topological polar surface area (TPSA) is 3.24 Å². The van der Waals surface area contributed by atoms with Crippen molar-refractivity contribution in [3.63, 3.8) is 0 Å². The summed E-state index contributed by atoms with van der Waals surface area (Å²) in [7, 11) is 0. The third-order valence-corrected chi connectivity index (χ3v) is 4.42. The fourth-order valence-electron chi connectivity index (χ4n) is 2.89. The highest BCUT2D eigenvalue weighted by Gasteiger charge is 2.26. The zero-order chi connectivity index (χ0) is 19.3. The van der Waals surface area contributed by atoms with E-state index in [9.17, 15) is 8.78 Å². The lowest BCUT2D eigenvalue weighted by molar-refractivity contribution is 0.510. The molecule has 0 N–H and O–H groups in total. The molecule has 0 bridgehead atoms. The summed E-state index contributed by atoms with van der Waals surface area (Å²) in [5, 5.41) is 0. The number of rotatable bonds is 3. The van der Waals surface area contributed by atoms with Gasteiger partial charge in [0.2, 0.25) is 0 Å². The van der Waals surface area contributed by atoms with Crippen molar-refractivity contribution >= 4 is 27.2 Å². The number of nitrogens with zero attached hydrogens (tertiary/aromatic N) is 1. The van der Waals surface area contributed by atoms with Crippen molar-refractivity contribution in [3.05, 3.63) is 94.1 Å². The highest BCUT2D eigenvalue weighted by atomic mass is 79.9. The fraction of sp³-hybridized carbons (Fsp3) is 0.182. The van der Waals surface area contributed by atoms with Crippen molar-refractivity contribution in [2.75, 3.05) is 6.54 Å². The molecular formula is C22H22BrF2N. The van der Waals surface area contributed by atoms with Crippen molar-refractivity contribution < 1.29 is 8.78 Å². The molecule has 1 heterocycles. The van der Waals surface area contributed by atoms with Gasteiger partial charge in [-0.2, -0.15) is 0 Å². The summed E-state index contributed by atoms with van der Waals surface area (Å²) in [4.78, 5) is 1.83. The smallest absolute Gasteiger partial charge is 0.136 e. The molecule has 0 amide bonds. The van der Waals surface area contributed by atoms with E-state index in [1.807, 2.05) is 68.2 Å². The van der Waals surface area contributed by atoms with E-state index in [1.165, 1.54) is 12.1 Å². The van der Waals surface area contributed by atoms with Gasteiger partial charge in [-0.3, -0.25) is 0 Å². The van der Waals surface area contributed by atoms with Gasteiger partial charge in [0, 0.05) is 22.3 Å². The van der Waals surface area contributed by atoms with Crippen LogP contribution < -0.4 is 0 Å². The van der Waals surface area contributed by atoms with Gasteiger partial charge in [-0.25, -0.2) is 8.78 Å². The van der Waals surface area contributed by atoms with Crippen molar-refractivity contribution in [2.45, 2.75) is 20.8 Å². The van der Waals surface area contributed by atoms with Crippen molar-refractivity contribution in [2.24, 2.45) is 0 Å². The van der Waals surface area contributed by atoms with E-state index in [-0.39, 0.29) is 5.56 Å². The van der Waals surface area contributed by atoms with Crippen LogP contribution in [0.5, 0.6) is 0 Å². The summed E-state index contributed by atoms with van der Waals surface area (Å²) in [6.45, 7) is 10.5. The highest BCUT2D eigenvalue weighted by Crippen LogP contribution is 2.39. The van der Waals surface area contributed by atoms with E-state index in [0.29, 0.717) is 22.4 Å². The van der Waals surface area contributed by atoms with Gasteiger partial charge in [0.15, 0.2) is 0 Å². The van der Waals surface area contributed by atoms with E-state index >= 15 is 0 Å². The number of hydrogen-bond donors (Lipinski definition) is 0. The Kier molecular flexibility index (Phi) is 6.92. The summed E-state index contributed by atoms with van der Waals surface area (Å²) in [6, 6.07) is 12.1. The largest absolute Gasteiger partial charge is 0.341 e. The van der Waals surface area contributed by atoms with Crippen LogP contribution in [0, 0.1) is 11.6 Å². The second kappa shape index (κ2) is 8.95. The summed E-state index contributed by atoms with van der Waals surface area (Å²) >= 11 is 3.13. The van der Waals surface area contributed by atoms with Gasteiger partial charge in [-0.05, 0) is 30.7 Å². The average Bonchev–Trinajstić information content (AvgIpc) is 2.63. The lowest BCUT2D eigenvalue weighted by atomic mass is 9.94. The van der Waals surface area contributed by atoms with Crippen LogP contribution in [0.4, 0.5) is 8.78 Å². The summed E-state index contributed by atoms with van der Waals surface area (Å²) in [5.41, 5.74) is 2.83. The van der Waals surface area contributed by atoms with Crippen LogP contribution in [-0.4, -0.2) is 11.4 Å². The molecule has 0 aromatic heterocycles. The third-order valence-electron chi connectivity index (χ3n) is 3.96. The molecule has 0 spiro atoms. The predicted molar refractivity (Wildman–Crippen MR) is 109 cm³/mol. The zero-order valence-electron chi connectivity index (χ0n) is 15.2. The molecular weight excluding hydrogens is 396 g/mol. The molecule has 136 valence electrons. The second-order valence-corrected chi connectivity index (χ2v) is 6.36. The average molecular weight is 418 g/mol. The lowest BCUT2D eigenvalue weighted by Crippen LogP contribution is -2.24. The molecule has 0 saturated carbocycles. The van der Waals surface area contributed by atoms with Gasteiger partial charge in [-0.15, -0.1) is 0 Å². The van der Waals surface area contributed by atoms with Crippen LogP contribution in [0.2, 0.25) is 0 Å². The van der Waals surface area contributed by atoms with E-state index in [0.717, 1.165) is 11.1 Å². The molecule has 0 radical (unpaired) electrons. The third kappa shape index (κ3) is 3.96. The Bertz CT molecular complexity index is 831. The van der Waals surface area contributed by atoms with Crippen LogP contribution in [0.3, 0.4) is 0 Å². The molecule has 1 nitrogen and oxygen atoms in total. The maximum Gasteiger partial charge on any atom is 0.136 e. The molecule has 2 aromatic carbocycles. The van der Waals surface area contributed by atoms with Crippen LogP contribution in [0.25, 0.3) is 11.3 Å². The minimum atomic E-state index is -0.605. The van der Waals surface area contributed by atoms with Crippen molar-refractivity contribution in [3.8, 4) is 0 Å². The Morgan fingerprint density at radius 2 is 1.58 bits per heavy atom. The fourth-order valence-corrected chi connectivity index (χ4v) is 3.29. The van der Waals surface area contributed by atoms with Gasteiger partial charge >= 0.3 is 0 Å².